The Balaban J connectivity index is 1.51. The molecule has 3 aromatic carbocycles. The fourth-order valence-electron chi connectivity index (χ4n) is 3.94. The molecule has 0 saturated carbocycles. The van der Waals surface area contributed by atoms with Gasteiger partial charge in [0.1, 0.15) is 0 Å². The van der Waals surface area contributed by atoms with Crippen LogP contribution in [0, 0.1) is 6.92 Å². The molecule has 5 rings (SSSR count). The van der Waals surface area contributed by atoms with Gasteiger partial charge in [0.25, 0.3) is 15.9 Å². The van der Waals surface area contributed by atoms with Gasteiger partial charge >= 0.3 is 0 Å². The summed E-state index contributed by atoms with van der Waals surface area (Å²) >= 11 is 1.32. The number of hydrogen-bond donors (Lipinski definition) is 1. The van der Waals surface area contributed by atoms with Crippen LogP contribution in [0.3, 0.4) is 0 Å². The van der Waals surface area contributed by atoms with Crippen LogP contribution in [0.15, 0.2) is 65.6 Å². The first-order valence-electron chi connectivity index (χ1n) is 9.72. The van der Waals surface area contributed by atoms with Crippen molar-refractivity contribution in [2.24, 2.45) is 0 Å². The highest BCUT2D eigenvalue weighted by Gasteiger charge is 2.30. The van der Waals surface area contributed by atoms with Gasteiger partial charge in [-0.1, -0.05) is 42.5 Å². The lowest BCUT2D eigenvalue weighted by Gasteiger charge is -2.12. The second-order valence-electron chi connectivity index (χ2n) is 7.46. The first-order valence-corrected chi connectivity index (χ1v) is 12.0. The van der Waals surface area contributed by atoms with Crippen LogP contribution in [-0.2, 0) is 16.4 Å². The Morgan fingerprint density at radius 3 is 2.58 bits per heavy atom. The SMILES string of the molecule is Cc1sc(NS(=O)(=O)c2ccc3c4c(cccc24)C(=O)N3C)nc1Cc1ccccc1. The smallest absolute Gasteiger partial charge is 0.264 e. The second kappa shape index (κ2) is 7.18. The number of anilines is 2. The molecule has 1 aromatic heterocycles. The van der Waals surface area contributed by atoms with E-state index >= 15 is 0 Å². The number of carbonyl (C=O) groups is 1. The molecule has 0 aliphatic carbocycles. The van der Waals surface area contributed by atoms with Crippen molar-refractivity contribution in [3.63, 3.8) is 0 Å². The lowest BCUT2D eigenvalue weighted by atomic mass is 10.1. The maximum Gasteiger partial charge on any atom is 0.264 e. The van der Waals surface area contributed by atoms with Crippen LogP contribution in [0.1, 0.15) is 26.5 Å². The third-order valence-corrected chi connectivity index (χ3v) is 7.95. The molecule has 2 heterocycles. The van der Waals surface area contributed by atoms with Crippen LogP contribution in [-0.4, -0.2) is 26.4 Å². The van der Waals surface area contributed by atoms with E-state index in [1.54, 1.807) is 42.3 Å². The van der Waals surface area contributed by atoms with Crippen molar-refractivity contribution in [3.05, 3.63) is 82.4 Å². The standard InChI is InChI=1S/C23H19N3O3S2/c1-14-18(13-15-7-4-3-5-8-15)24-23(30-14)25-31(28,29)20-12-11-19-21-16(20)9-6-10-17(21)22(27)26(19)2/h3-12H,13H2,1-2H3,(H,24,25). The fraction of sp³-hybridized carbons (Fsp3) is 0.130. The minimum Gasteiger partial charge on any atom is -0.311 e. The number of aryl methyl sites for hydroxylation is 1. The highest BCUT2D eigenvalue weighted by atomic mass is 32.2. The minimum atomic E-state index is -3.89. The summed E-state index contributed by atoms with van der Waals surface area (Å²) in [5.74, 6) is -0.135. The summed E-state index contributed by atoms with van der Waals surface area (Å²) in [7, 11) is -2.20. The van der Waals surface area contributed by atoms with Gasteiger partial charge in [-0.2, -0.15) is 0 Å². The Kier molecular flexibility index (Phi) is 4.56. The quantitative estimate of drug-likeness (QED) is 0.483. The Bertz CT molecular complexity index is 1440. The number of hydrogen-bond acceptors (Lipinski definition) is 5. The Hall–Kier alpha value is -3.23. The van der Waals surface area contributed by atoms with Gasteiger partial charge in [-0.3, -0.25) is 9.52 Å². The molecule has 0 radical (unpaired) electrons. The van der Waals surface area contributed by atoms with E-state index in [4.69, 9.17) is 0 Å². The summed E-state index contributed by atoms with van der Waals surface area (Å²) in [5.41, 5.74) is 3.19. The summed E-state index contributed by atoms with van der Waals surface area (Å²) in [6, 6.07) is 18.3. The second-order valence-corrected chi connectivity index (χ2v) is 10.3. The van der Waals surface area contributed by atoms with Gasteiger partial charge in [0.15, 0.2) is 5.13 Å². The van der Waals surface area contributed by atoms with Crippen LogP contribution in [0.25, 0.3) is 10.8 Å². The maximum absolute atomic E-state index is 13.3. The van der Waals surface area contributed by atoms with E-state index in [1.165, 1.54) is 11.3 Å². The van der Waals surface area contributed by atoms with Crippen LogP contribution >= 0.6 is 11.3 Å². The molecule has 0 saturated heterocycles. The van der Waals surface area contributed by atoms with Crippen LogP contribution < -0.4 is 9.62 Å². The summed E-state index contributed by atoms with van der Waals surface area (Å²) in [6.07, 6.45) is 0.639. The van der Waals surface area contributed by atoms with Crippen molar-refractivity contribution in [3.8, 4) is 0 Å². The molecule has 0 atom stereocenters. The first-order chi connectivity index (χ1) is 14.8. The highest BCUT2D eigenvalue weighted by molar-refractivity contribution is 7.93. The first kappa shape index (κ1) is 19.7. The monoisotopic (exact) mass is 449 g/mol. The van der Waals surface area contributed by atoms with Gasteiger partial charge in [0, 0.05) is 34.7 Å². The minimum absolute atomic E-state index is 0.133. The predicted octanol–water partition coefficient (Wildman–Crippen LogP) is 4.59. The van der Waals surface area contributed by atoms with Crippen LogP contribution in [0.2, 0.25) is 0 Å². The molecular weight excluding hydrogens is 430 g/mol. The number of sulfonamides is 1. The molecule has 156 valence electrons. The molecular formula is C23H19N3O3S2. The average molecular weight is 450 g/mol. The molecule has 1 N–H and O–H groups in total. The third kappa shape index (κ3) is 3.28. The van der Waals surface area contributed by atoms with Crippen LogP contribution in [0.5, 0.6) is 0 Å². The van der Waals surface area contributed by atoms with Crippen molar-refractivity contribution in [1.29, 1.82) is 0 Å². The predicted molar refractivity (Wildman–Crippen MR) is 124 cm³/mol. The molecule has 6 nitrogen and oxygen atoms in total. The van der Waals surface area contributed by atoms with E-state index in [2.05, 4.69) is 9.71 Å². The molecule has 31 heavy (non-hydrogen) atoms. The molecule has 0 unspecified atom stereocenters. The van der Waals surface area contributed by atoms with E-state index in [0.29, 0.717) is 33.6 Å². The molecule has 1 aliphatic heterocycles. The Labute approximate surface area is 184 Å². The van der Waals surface area contributed by atoms with E-state index in [9.17, 15) is 13.2 Å². The van der Waals surface area contributed by atoms with Crippen molar-refractivity contribution >= 4 is 48.9 Å². The number of benzene rings is 3. The third-order valence-electron chi connectivity index (χ3n) is 5.49. The molecule has 8 heteroatoms. The van der Waals surface area contributed by atoms with Gasteiger partial charge in [-0.15, -0.1) is 11.3 Å². The number of nitrogens with one attached hydrogen (secondary N) is 1. The number of amides is 1. The van der Waals surface area contributed by atoms with Crippen LogP contribution in [0.4, 0.5) is 10.8 Å². The summed E-state index contributed by atoms with van der Waals surface area (Å²) in [6.45, 7) is 1.94. The van der Waals surface area contributed by atoms with Gasteiger partial charge in [-0.05, 0) is 30.7 Å². The van der Waals surface area contributed by atoms with E-state index in [1.807, 2.05) is 37.3 Å². The molecule has 1 aliphatic rings. The normalized spacial score (nSPS) is 13.2. The molecule has 1 amide bonds. The van der Waals surface area contributed by atoms with E-state index in [0.717, 1.165) is 16.1 Å². The fourth-order valence-corrected chi connectivity index (χ4v) is 6.21. The van der Waals surface area contributed by atoms with Crippen molar-refractivity contribution in [2.45, 2.75) is 18.2 Å². The highest BCUT2D eigenvalue weighted by Crippen LogP contribution is 2.39. The van der Waals surface area contributed by atoms with Gasteiger partial charge < -0.3 is 4.90 Å². The van der Waals surface area contributed by atoms with Crippen molar-refractivity contribution in [2.75, 3.05) is 16.7 Å². The number of thiazole rings is 1. The summed E-state index contributed by atoms with van der Waals surface area (Å²) < 4.78 is 29.2. The Morgan fingerprint density at radius 1 is 1.03 bits per heavy atom. The lowest BCUT2D eigenvalue weighted by molar-refractivity contribution is 0.0999. The molecule has 0 bridgehead atoms. The number of carbonyl (C=O) groups excluding carboxylic acids is 1. The van der Waals surface area contributed by atoms with Crippen molar-refractivity contribution in [1.82, 2.24) is 4.98 Å². The van der Waals surface area contributed by atoms with Gasteiger partial charge in [0.2, 0.25) is 0 Å². The number of rotatable bonds is 5. The molecule has 0 fully saturated rings. The maximum atomic E-state index is 13.3. The van der Waals surface area contributed by atoms with E-state index in [-0.39, 0.29) is 10.8 Å². The summed E-state index contributed by atoms with van der Waals surface area (Å²) in [4.78, 5) is 19.6. The number of nitrogens with zero attached hydrogens (tertiary/aromatic N) is 2. The van der Waals surface area contributed by atoms with E-state index < -0.39 is 10.0 Å². The zero-order valence-corrected chi connectivity index (χ0v) is 18.5. The zero-order valence-electron chi connectivity index (χ0n) is 16.9. The van der Waals surface area contributed by atoms with Crippen molar-refractivity contribution < 1.29 is 13.2 Å². The topological polar surface area (TPSA) is 79.4 Å². The van der Waals surface area contributed by atoms with Gasteiger partial charge in [0.05, 0.1) is 16.3 Å². The number of aromatic nitrogens is 1. The van der Waals surface area contributed by atoms with Gasteiger partial charge in [-0.25, -0.2) is 13.4 Å². The zero-order chi connectivity index (χ0) is 21.8. The lowest BCUT2D eigenvalue weighted by Crippen LogP contribution is -2.20. The molecule has 0 spiro atoms. The largest absolute Gasteiger partial charge is 0.311 e. The summed E-state index contributed by atoms with van der Waals surface area (Å²) in [5, 5.41) is 1.52. The average Bonchev–Trinajstić information content (AvgIpc) is 3.21. The Morgan fingerprint density at radius 2 is 1.81 bits per heavy atom. The molecule has 4 aromatic rings.